The lowest BCUT2D eigenvalue weighted by molar-refractivity contribution is -0.125. The van der Waals surface area contributed by atoms with Crippen LogP contribution in [0.15, 0.2) is 23.1 Å². The second kappa shape index (κ2) is 5.03. The van der Waals surface area contributed by atoms with Crippen molar-refractivity contribution in [2.45, 2.75) is 26.3 Å². The zero-order valence-corrected chi connectivity index (χ0v) is 13.6. The fourth-order valence-corrected chi connectivity index (χ4v) is 3.84. The van der Waals surface area contributed by atoms with Gasteiger partial charge in [-0.05, 0) is 44.5 Å². The van der Waals surface area contributed by atoms with E-state index in [4.69, 9.17) is 21.7 Å². The van der Waals surface area contributed by atoms with Crippen molar-refractivity contribution >= 4 is 40.3 Å². The van der Waals surface area contributed by atoms with Crippen LogP contribution in [-0.2, 0) is 4.79 Å². The van der Waals surface area contributed by atoms with Crippen molar-refractivity contribution in [2.75, 3.05) is 6.79 Å². The molecule has 6 heteroatoms. The lowest BCUT2D eigenvalue weighted by Gasteiger charge is -2.30. The van der Waals surface area contributed by atoms with Gasteiger partial charge in [-0.2, -0.15) is 0 Å². The molecule has 3 rings (SSSR count). The number of ether oxygens (including phenoxy) is 2. The molecule has 0 saturated carbocycles. The predicted octanol–water partition coefficient (Wildman–Crippen LogP) is 3.42. The van der Waals surface area contributed by atoms with E-state index in [-0.39, 0.29) is 18.2 Å². The Labute approximate surface area is 133 Å². The first-order valence-corrected chi connectivity index (χ1v) is 7.76. The first-order chi connectivity index (χ1) is 9.86. The first-order valence-electron chi connectivity index (χ1n) is 6.54. The van der Waals surface area contributed by atoms with E-state index in [1.165, 1.54) is 11.8 Å². The molecule has 0 radical (unpaired) electrons. The molecule has 0 N–H and O–H groups in total. The van der Waals surface area contributed by atoms with Gasteiger partial charge >= 0.3 is 0 Å². The average Bonchev–Trinajstić information content (AvgIpc) is 2.93. The molecule has 0 atom stereocenters. The Bertz CT molecular complexity index is 661. The van der Waals surface area contributed by atoms with Crippen LogP contribution in [0.4, 0.5) is 0 Å². The summed E-state index contributed by atoms with van der Waals surface area (Å²) in [6.07, 6.45) is 1.84. The molecule has 4 nitrogen and oxygen atoms in total. The molecule has 1 aromatic carbocycles. The zero-order valence-electron chi connectivity index (χ0n) is 12.0. The molecule has 0 bridgehead atoms. The molecule has 0 aliphatic carbocycles. The minimum Gasteiger partial charge on any atom is -0.454 e. The predicted molar refractivity (Wildman–Crippen MR) is 87.3 cm³/mol. The van der Waals surface area contributed by atoms with Gasteiger partial charge in [0.2, 0.25) is 6.79 Å². The summed E-state index contributed by atoms with van der Waals surface area (Å²) >= 11 is 6.65. The smallest absolute Gasteiger partial charge is 0.266 e. The van der Waals surface area contributed by atoms with Gasteiger partial charge in [0.1, 0.15) is 4.32 Å². The molecule has 0 aromatic heterocycles. The Kier molecular flexibility index (Phi) is 3.45. The quantitative estimate of drug-likeness (QED) is 0.585. The highest BCUT2D eigenvalue weighted by atomic mass is 32.2. The van der Waals surface area contributed by atoms with Gasteiger partial charge in [0, 0.05) is 5.54 Å². The van der Waals surface area contributed by atoms with Crippen molar-refractivity contribution in [1.29, 1.82) is 0 Å². The number of fused-ring (bicyclic) bond motifs is 1. The van der Waals surface area contributed by atoms with Gasteiger partial charge in [-0.25, -0.2) is 0 Å². The number of amides is 1. The number of hydrogen-bond donors (Lipinski definition) is 0. The lowest BCUT2D eigenvalue weighted by atomic mass is 10.1. The van der Waals surface area contributed by atoms with Crippen molar-refractivity contribution in [3.8, 4) is 11.5 Å². The Hall–Kier alpha value is -1.53. The summed E-state index contributed by atoms with van der Waals surface area (Å²) in [5.41, 5.74) is 0.583. The summed E-state index contributed by atoms with van der Waals surface area (Å²) in [4.78, 5) is 14.8. The largest absolute Gasteiger partial charge is 0.454 e. The molecule has 2 aliphatic heterocycles. The molecule has 110 valence electrons. The van der Waals surface area contributed by atoms with Crippen molar-refractivity contribution in [3.05, 3.63) is 28.7 Å². The van der Waals surface area contributed by atoms with Crippen molar-refractivity contribution < 1.29 is 14.3 Å². The molecule has 0 unspecified atom stereocenters. The standard InChI is InChI=1S/C15H15NO3S2/c1-15(2,3)16-13(17)12(21-14(16)20)7-9-4-5-10-11(6-9)19-8-18-10/h4-7H,8H2,1-3H3. The Morgan fingerprint density at radius 2 is 2.00 bits per heavy atom. The van der Waals surface area contributed by atoms with E-state index in [2.05, 4.69) is 0 Å². The van der Waals surface area contributed by atoms with Crippen LogP contribution in [-0.4, -0.2) is 27.5 Å². The minimum atomic E-state index is -0.314. The molecule has 1 fully saturated rings. The second-order valence-electron chi connectivity index (χ2n) is 5.80. The average molecular weight is 321 g/mol. The molecule has 1 amide bonds. The van der Waals surface area contributed by atoms with Crippen molar-refractivity contribution in [3.63, 3.8) is 0 Å². The van der Waals surface area contributed by atoms with Crippen LogP contribution in [0.3, 0.4) is 0 Å². The summed E-state index contributed by atoms with van der Waals surface area (Å²) in [5.74, 6) is 1.39. The minimum absolute atomic E-state index is 0.0461. The molecule has 1 saturated heterocycles. The van der Waals surface area contributed by atoms with Gasteiger partial charge in [0.15, 0.2) is 11.5 Å². The van der Waals surface area contributed by atoms with E-state index in [0.717, 1.165) is 11.3 Å². The van der Waals surface area contributed by atoms with Crippen LogP contribution in [0.5, 0.6) is 11.5 Å². The van der Waals surface area contributed by atoms with Gasteiger partial charge in [-0.3, -0.25) is 9.69 Å². The molecule has 2 aliphatic rings. The zero-order chi connectivity index (χ0) is 15.2. The summed E-state index contributed by atoms with van der Waals surface area (Å²) in [6, 6.07) is 5.61. The number of nitrogens with zero attached hydrogens (tertiary/aromatic N) is 1. The van der Waals surface area contributed by atoms with E-state index >= 15 is 0 Å². The van der Waals surface area contributed by atoms with Gasteiger partial charge in [-0.15, -0.1) is 0 Å². The third kappa shape index (κ3) is 2.65. The van der Waals surface area contributed by atoms with Crippen LogP contribution in [0.25, 0.3) is 6.08 Å². The van der Waals surface area contributed by atoms with Crippen molar-refractivity contribution in [1.82, 2.24) is 4.90 Å². The van der Waals surface area contributed by atoms with Gasteiger partial charge in [0.25, 0.3) is 5.91 Å². The van der Waals surface area contributed by atoms with E-state index in [0.29, 0.717) is 15.0 Å². The lowest BCUT2D eigenvalue weighted by Crippen LogP contribution is -2.44. The topological polar surface area (TPSA) is 38.8 Å². The fourth-order valence-electron chi connectivity index (χ4n) is 2.20. The summed E-state index contributed by atoms with van der Waals surface area (Å²) < 4.78 is 11.2. The monoisotopic (exact) mass is 321 g/mol. The summed E-state index contributed by atoms with van der Waals surface area (Å²) in [7, 11) is 0. The molecule has 2 heterocycles. The van der Waals surface area contributed by atoms with Crippen molar-refractivity contribution in [2.24, 2.45) is 0 Å². The number of hydrogen-bond acceptors (Lipinski definition) is 5. The van der Waals surface area contributed by atoms with Crippen LogP contribution in [0.1, 0.15) is 26.3 Å². The number of carbonyl (C=O) groups excluding carboxylic acids is 1. The van der Waals surface area contributed by atoms with Gasteiger partial charge in [0.05, 0.1) is 4.91 Å². The SMILES string of the molecule is CC(C)(C)N1C(=O)C(=Cc2ccc3c(c2)OCO3)SC1=S. The van der Waals surface area contributed by atoms with Crippen LogP contribution >= 0.6 is 24.0 Å². The van der Waals surface area contributed by atoms with Gasteiger partial charge in [-0.1, -0.05) is 30.0 Å². The number of thiocarbonyl (C=S) groups is 1. The molecule has 0 spiro atoms. The number of rotatable bonds is 1. The molecular weight excluding hydrogens is 306 g/mol. The van der Waals surface area contributed by atoms with E-state index in [9.17, 15) is 4.79 Å². The molecular formula is C15H15NO3S2. The Morgan fingerprint density at radius 1 is 1.29 bits per heavy atom. The highest BCUT2D eigenvalue weighted by Crippen LogP contribution is 2.38. The third-order valence-corrected chi connectivity index (χ3v) is 4.46. The molecule has 21 heavy (non-hydrogen) atoms. The first kappa shape index (κ1) is 14.4. The maximum absolute atomic E-state index is 12.5. The normalized spacial score (nSPS) is 19.8. The highest BCUT2D eigenvalue weighted by molar-refractivity contribution is 8.26. The highest BCUT2D eigenvalue weighted by Gasteiger charge is 2.39. The fraction of sp³-hybridized carbons (Fsp3) is 0.333. The number of benzene rings is 1. The maximum atomic E-state index is 12.5. The van der Waals surface area contributed by atoms with E-state index < -0.39 is 0 Å². The van der Waals surface area contributed by atoms with Crippen LogP contribution in [0, 0.1) is 0 Å². The van der Waals surface area contributed by atoms with Crippen LogP contribution < -0.4 is 9.47 Å². The summed E-state index contributed by atoms with van der Waals surface area (Å²) in [6.45, 7) is 6.16. The maximum Gasteiger partial charge on any atom is 0.266 e. The Morgan fingerprint density at radius 3 is 2.67 bits per heavy atom. The third-order valence-electron chi connectivity index (χ3n) is 3.16. The molecule has 1 aromatic rings. The second-order valence-corrected chi connectivity index (χ2v) is 7.48. The number of thioether (sulfide) groups is 1. The number of carbonyl (C=O) groups is 1. The van der Waals surface area contributed by atoms with E-state index in [1.807, 2.05) is 45.0 Å². The van der Waals surface area contributed by atoms with Crippen LogP contribution in [0.2, 0.25) is 0 Å². The van der Waals surface area contributed by atoms with E-state index in [1.54, 1.807) is 4.90 Å². The van der Waals surface area contributed by atoms with Gasteiger partial charge < -0.3 is 9.47 Å². The summed E-state index contributed by atoms with van der Waals surface area (Å²) in [5, 5.41) is 0. The Balaban J connectivity index is 1.91.